The van der Waals surface area contributed by atoms with Crippen LogP contribution < -0.4 is 20.5 Å². The highest BCUT2D eigenvalue weighted by Gasteiger charge is 2.21. The van der Waals surface area contributed by atoms with E-state index in [2.05, 4.69) is 46.2 Å². The molecule has 0 aliphatic carbocycles. The van der Waals surface area contributed by atoms with Gasteiger partial charge in [0.05, 0.1) is 35.5 Å². The molecule has 0 spiro atoms. The van der Waals surface area contributed by atoms with E-state index in [4.69, 9.17) is 40.5 Å². The number of benzene rings is 8. The van der Waals surface area contributed by atoms with Gasteiger partial charge < -0.3 is 25.6 Å². The number of aromatic hydroxyl groups is 1. The topological polar surface area (TPSA) is 387 Å². The molecule has 8 aromatic carbocycles. The van der Waals surface area contributed by atoms with E-state index in [1.807, 2.05) is 32.0 Å². The van der Waals surface area contributed by atoms with E-state index in [1.165, 1.54) is 19.2 Å². The summed E-state index contributed by atoms with van der Waals surface area (Å²) < 4.78 is 130. The number of phenols is 1. The standard InChI is InChI=1S/C49H42N10O9S2.2O3S/c1-28-20-36(12-18-40(28)54-52-35-13-19-41(29(2)21-35)55-59-45-25-39-31(24-48(45)70(64,65)66)6-5-7-47(39)69(61,62)63)53-57-43-26-46(67-4)44(22-30(43)3)58-56-42-17-8-32-23-34(11-16-38(32)49(42)60)51-27-68-37-14-9-33(50)10-15-37;2*1-4(2)3/h5-26,51,60H,27,50H2,1-4H3,(H,61,62,63)(H,64,65,66);;. The third-order valence-corrected chi connectivity index (χ3v) is 12.6. The maximum Gasteiger partial charge on any atom is 0.425 e. The van der Waals surface area contributed by atoms with Gasteiger partial charge in [0.1, 0.15) is 38.4 Å². The molecule has 8 aromatic rings. The van der Waals surface area contributed by atoms with Gasteiger partial charge in [0.25, 0.3) is 20.2 Å². The largest absolute Gasteiger partial charge is 0.505 e. The number of phenolic OH excluding ortho intramolecular Hbond substituents is 1. The van der Waals surface area contributed by atoms with E-state index in [1.54, 1.807) is 91.9 Å². The Morgan fingerprint density at radius 3 is 1.60 bits per heavy atom. The number of hydrogen-bond acceptors (Lipinski definition) is 23. The van der Waals surface area contributed by atoms with Crippen LogP contribution in [0.3, 0.4) is 0 Å². The molecule has 0 aliphatic heterocycles. The predicted octanol–water partition coefficient (Wildman–Crippen LogP) is 11.8. The third-order valence-electron chi connectivity index (χ3n) is 10.8. The minimum absolute atomic E-state index is 0.0166. The normalized spacial score (nSPS) is 11.7. The molecule has 0 bridgehead atoms. The molecule has 0 aliphatic rings. The van der Waals surface area contributed by atoms with Crippen molar-refractivity contribution in [3.63, 3.8) is 0 Å². The van der Waals surface area contributed by atoms with Crippen molar-refractivity contribution in [2.24, 2.45) is 40.9 Å². The summed E-state index contributed by atoms with van der Waals surface area (Å²) in [6.07, 6.45) is 0. The van der Waals surface area contributed by atoms with Gasteiger partial charge in [-0.25, -0.2) is 0 Å². The number of rotatable bonds is 15. The lowest BCUT2D eigenvalue weighted by Crippen LogP contribution is -2.08. The predicted molar refractivity (Wildman–Crippen MR) is 285 cm³/mol. The van der Waals surface area contributed by atoms with Crippen molar-refractivity contribution in [2.45, 2.75) is 30.6 Å². The minimum atomic E-state index is -4.80. The van der Waals surface area contributed by atoms with Crippen LogP contribution in [0.5, 0.6) is 17.2 Å². The summed E-state index contributed by atoms with van der Waals surface area (Å²) in [7, 11) is -14.2. The first-order chi connectivity index (χ1) is 36.9. The Morgan fingerprint density at radius 1 is 0.513 bits per heavy atom. The fourth-order valence-electron chi connectivity index (χ4n) is 7.11. The summed E-state index contributed by atoms with van der Waals surface area (Å²) in [4.78, 5) is -1.07. The molecule has 25 nitrogen and oxygen atoms in total. The van der Waals surface area contributed by atoms with Gasteiger partial charge in [-0.3, -0.25) is 9.11 Å². The Bertz CT molecular complexity index is 4160. The molecule has 0 fully saturated rings. The zero-order valence-corrected chi connectivity index (χ0v) is 44.2. The molecule has 0 unspecified atom stereocenters. The van der Waals surface area contributed by atoms with Gasteiger partial charge in [-0.05, 0) is 157 Å². The Morgan fingerprint density at radius 2 is 1.03 bits per heavy atom. The molecule has 0 saturated carbocycles. The second kappa shape index (κ2) is 25.5. The molecule has 0 aromatic heterocycles. The average molecular weight is 1140 g/mol. The van der Waals surface area contributed by atoms with Gasteiger partial charge in [-0.15, -0.1) is 40.6 Å². The molecular weight excluding hydrogens is 1100 g/mol. The molecular formula is C49H42N10O15S4. The molecule has 402 valence electrons. The number of methoxy groups -OCH3 is 1. The lowest BCUT2D eigenvalue weighted by atomic mass is 10.1. The Labute approximate surface area is 447 Å². The van der Waals surface area contributed by atoms with Gasteiger partial charge in [-0.2, -0.15) is 42.4 Å². The number of nitrogen functional groups attached to an aromatic ring is 1. The van der Waals surface area contributed by atoms with Crippen molar-refractivity contribution in [1.82, 2.24) is 0 Å². The van der Waals surface area contributed by atoms with Gasteiger partial charge in [0, 0.05) is 28.2 Å². The lowest BCUT2D eigenvalue weighted by molar-refractivity contribution is 0.347. The van der Waals surface area contributed by atoms with Crippen molar-refractivity contribution in [3.8, 4) is 17.2 Å². The van der Waals surface area contributed by atoms with Gasteiger partial charge in [0.2, 0.25) is 0 Å². The first kappa shape index (κ1) is 58.0. The van der Waals surface area contributed by atoms with Crippen LogP contribution in [-0.2, 0) is 41.5 Å². The molecule has 8 rings (SSSR count). The monoisotopic (exact) mass is 1140 g/mol. The number of fused-ring (bicyclic) bond motifs is 2. The van der Waals surface area contributed by atoms with Crippen LogP contribution in [0.25, 0.3) is 21.5 Å². The smallest absolute Gasteiger partial charge is 0.425 e. The zero-order chi connectivity index (χ0) is 56.9. The van der Waals surface area contributed by atoms with E-state index in [0.29, 0.717) is 62.3 Å². The Kier molecular flexibility index (Phi) is 19.0. The maximum absolute atomic E-state index is 12.2. The molecule has 0 atom stereocenters. The summed E-state index contributed by atoms with van der Waals surface area (Å²) >= 11 is 0. The summed E-state index contributed by atoms with van der Waals surface area (Å²) in [6, 6.07) is 35.9. The average Bonchev–Trinajstić information content (AvgIpc) is 3.51. The van der Waals surface area contributed by atoms with E-state index < -0.39 is 51.2 Å². The fourth-order valence-corrected chi connectivity index (χ4v) is 8.46. The minimum Gasteiger partial charge on any atom is -0.505 e. The van der Waals surface area contributed by atoms with Gasteiger partial charge in [0.15, 0.2) is 12.5 Å². The second-order valence-electron chi connectivity index (χ2n) is 16.1. The summed E-state index contributed by atoms with van der Waals surface area (Å²) in [5, 5.41) is 50.4. The molecule has 78 heavy (non-hydrogen) atoms. The molecule has 0 saturated heterocycles. The van der Waals surface area contributed by atoms with E-state index in [9.17, 15) is 31.0 Å². The number of nitrogens with two attached hydrogens (primary N) is 1. The van der Waals surface area contributed by atoms with Crippen LogP contribution in [0, 0.1) is 20.8 Å². The van der Waals surface area contributed by atoms with Crippen molar-refractivity contribution < 1.29 is 65.8 Å². The number of azo groups is 4. The van der Waals surface area contributed by atoms with Crippen LogP contribution >= 0.6 is 0 Å². The number of nitrogens with one attached hydrogen (secondary N) is 1. The fraction of sp³-hybridized carbons (Fsp3) is 0.102. The van der Waals surface area contributed by atoms with Crippen molar-refractivity contribution in [2.75, 3.05) is 24.9 Å². The third kappa shape index (κ3) is 15.9. The van der Waals surface area contributed by atoms with Crippen LogP contribution in [0.4, 0.5) is 56.9 Å². The van der Waals surface area contributed by atoms with Crippen LogP contribution in [-0.4, -0.2) is 70.1 Å². The number of ether oxygens (including phenoxy) is 2. The summed E-state index contributed by atoms with van der Waals surface area (Å²) in [6.45, 7) is 5.67. The highest BCUT2D eigenvalue weighted by Crippen LogP contribution is 2.41. The summed E-state index contributed by atoms with van der Waals surface area (Å²) in [5.41, 5.74) is 12.1. The first-order valence-corrected chi connectivity index (χ1v) is 26.9. The number of anilines is 2. The summed E-state index contributed by atoms with van der Waals surface area (Å²) in [5.74, 6) is 1.05. The number of aryl methyl sites for hydroxylation is 3. The Balaban J connectivity index is 0.00000115. The second-order valence-corrected chi connectivity index (χ2v) is 19.7. The van der Waals surface area contributed by atoms with Crippen LogP contribution in [0.15, 0.2) is 184 Å². The molecule has 6 N–H and O–H groups in total. The van der Waals surface area contributed by atoms with E-state index in [-0.39, 0.29) is 34.6 Å². The highest BCUT2D eigenvalue weighted by atomic mass is 32.2. The number of nitrogens with zero attached hydrogens (tertiary/aromatic N) is 8. The lowest BCUT2D eigenvalue weighted by Gasteiger charge is -2.11. The Hall–Kier alpha value is -9.26. The SMILES string of the molecule is COc1cc(N=Nc2ccc(N=Nc3ccc(N=Nc4cc5c(S(=O)(=O)O)cccc5cc4S(=O)(=O)O)c(C)c3)c(C)c2)c(C)cc1N=Nc1ccc2cc(NCOc3ccc(N)cc3)ccc2c1O.O=S(=O)=O.O=S(=O)=O. The van der Waals surface area contributed by atoms with Crippen LogP contribution in [0.2, 0.25) is 0 Å². The van der Waals surface area contributed by atoms with E-state index >= 15 is 0 Å². The molecule has 29 heteroatoms. The highest BCUT2D eigenvalue weighted by molar-refractivity contribution is 7.86. The quantitative estimate of drug-likeness (QED) is 0.0275. The maximum atomic E-state index is 12.2. The molecule has 0 radical (unpaired) electrons. The van der Waals surface area contributed by atoms with Crippen molar-refractivity contribution in [1.29, 1.82) is 0 Å². The zero-order valence-electron chi connectivity index (χ0n) is 40.9. The van der Waals surface area contributed by atoms with Crippen molar-refractivity contribution in [3.05, 3.63) is 150 Å². The number of hydrogen-bond donors (Lipinski definition) is 5. The van der Waals surface area contributed by atoms with Gasteiger partial charge in [-0.1, -0.05) is 18.2 Å². The van der Waals surface area contributed by atoms with Gasteiger partial charge >= 0.3 is 21.2 Å². The van der Waals surface area contributed by atoms with E-state index in [0.717, 1.165) is 40.4 Å². The molecule has 0 amide bonds. The molecule has 0 heterocycles. The first-order valence-electron chi connectivity index (χ1n) is 22.0. The van der Waals surface area contributed by atoms with Crippen molar-refractivity contribution >= 4 is 120 Å². The van der Waals surface area contributed by atoms with Crippen LogP contribution in [0.1, 0.15) is 16.7 Å².